The van der Waals surface area contributed by atoms with Crippen molar-refractivity contribution in [1.82, 2.24) is 0 Å². The summed E-state index contributed by atoms with van der Waals surface area (Å²) in [6.07, 6.45) is 2.63. The summed E-state index contributed by atoms with van der Waals surface area (Å²) in [5, 5.41) is 26.4. The Hall–Kier alpha value is -1.89. The molecule has 1 aromatic carbocycles. The zero-order valence-electron chi connectivity index (χ0n) is 16.7. The first-order valence-electron chi connectivity index (χ1n) is 10.1. The normalized spacial score (nSPS) is 46.7. The van der Waals surface area contributed by atoms with E-state index < -0.39 is 34.5 Å². The Balaban J connectivity index is 1.92. The SMILES string of the molecule is C/C=C1\C[C@H]2C(O)C34Nc5ccccc5[C@@]3(CC[N+]4(C)C1)[C@]2(CO)C(=O)OC. The van der Waals surface area contributed by atoms with E-state index in [9.17, 15) is 15.0 Å². The fourth-order valence-corrected chi connectivity index (χ4v) is 7.64. The summed E-state index contributed by atoms with van der Waals surface area (Å²) in [4.78, 5) is 13.5. The largest absolute Gasteiger partial charge is 0.468 e. The van der Waals surface area contributed by atoms with E-state index in [0.717, 1.165) is 24.3 Å². The van der Waals surface area contributed by atoms with Crippen molar-refractivity contribution in [2.75, 3.05) is 39.2 Å². The summed E-state index contributed by atoms with van der Waals surface area (Å²) in [6.45, 7) is 3.33. The Kier molecular flexibility index (Phi) is 3.49. The number of likely N-dealkylation sites (N-methyl/N-ethyl adjacent to an activating group) is 1. The highest BCUT2D eigenvalue weighted by molar-refractivity contribution is 5.85. The predicted molar refractivity (Wildman–Crippen MR) is 104 cm³/mol. The van der Waals surface area contributed by atoms with Gasteiger partial charge in [-0.05, 0) is 30.5 Å². The van der Waals surface area contributed by atoms with E-state index in [1.165, 1.54) is 12.7 Å². The summed E-state index contributed by atoms with van der Waals surface area (Å²) < 4.78 is 5.94. The van der Waals surface area contributed by atoms with Gasteiger partial charge in [0.05, 0.1) is 32.7 Å². The number of aliphatic hydroxyl groups is 2. The van der Waals surface area contributed by atoms with Crippen LogP contribution >= 0.6 is 0 Å². The number of ether oxygens (including phenoxy) is 1. The average Bonchev–Trinajstić information content (AvgIpc) is 3.20. The molecule has 1 spiro atoms. The number of allylic oxidation sites excluding steroid dienone is 1. The van der Waals surface area contributed by atoms with Gasteiger partial charge < -0.3 is 20.3 Å². The monoisotopic (exact) mass is 385 g/mol. The molecule has 150 valence electrons. The van der Waals surface area contributed by atoms with E-state index >= 15 is 0 Å². The molecular weight excluding hydrogens is 356 g/mol. The number of anilines is 1. The second-order valence-corrected chi connectivity index (χ2v) is 9.19. The second-order valence-electron chi connectivity index (χ2n) is 9.19. The van der Waals surface area contributed by atoms with Crippen molar-refractivity contribution >= 4 is 11.7 Å². The van der Waals surface area contributed by atoms with Crippen LogP contribution in [0.5, 0.6) is 0 Å². The lowest BCUT2D eigenvalue weighted by atomic mass is 9.56. The van der Waals surface area contributed by atoms with Gasteiger partial charge in [0.2, 0.25) is 5.66 Å². The smallest absolute Gasteiger partial charge is 0.315 e. The number of para-hydroxylation sites is 1. The topological polar surface area (TPSA) is 78.8 Å². The minimum atomic E-state index is -1.19. The first-order valence-corrected chi connectivity index (χ1v) is 10.1. The Labute approximate surface area is 165 Å². The number of aliphatic hydroxyl groups excluding tert-OH is 2. The fourth-order valence-electron chi connectivity index (χ4n) is 7.64. The molecule has 3 heterocycles. The van der Waals surface area contributed by atoms with Crippen LogP contribution in [0.3, 0.4) is 0 Å². The van der Waals surface area contributed by atoms with Crippen molar-refractivity contribution in [3.63, 3.8) is 0 Å². The standard InChI is InChI=1S/C22H29N2O4/c1-4-14-11-16-18(26)22-21(9-10-24(22,2)12-14,20(16,13-25)19(27)28-3)15-7-5-6-8-17(15)23-22/h4-8,16,18,23,25-26H,9-13H2,1-3H3/q+1/b14-4+/t16-,18?,20-,21-,22?,24?/m0/s1. The number of hydrogen-bond acceptors (Lipinski definition) is 5. The zero-order valence-corrected chi connectivity index (χ0v) is 16.7. The third-order valence-corrected chi connectivity index (χ3v) is 8.64. The van der Waals surface area contributed by atoms with Crippen molar-refractivity contribution in [1.29, 1.82) is 0 Å². The minimum Gasteiger partial charge on any atom is -0.468 e. The molecule has 1 aromatic rings. The summed E-state index contributed by atoms with van der Waals surface area (Å²) in [5.41, 5.74) is 0.542. The number of esters is 1. The number of carbonyl (C=O) groups excluding carboxylic acids is 1. The number of carbonyl (C=O) groups is 1. The van der Waals surface area contributed by atoms with Gasteiger partial charge in [-0.2, -0.15) is 0 Å². The molecule has 0 amide bonds. The van der Waals surface area contributed by atoms with E-state index in [4.69, 9.17) is 4.74 Å². The molecule has 6 nitrogen and oxygen atoms in total. The number of nitrogens with zero attached hydrogens (tertiary/aromatic N) is 1. The maximum atomic E-state index is 13.5. The molecule has 3 aliphatic heterocycles. The molecule has 6 atom stereocenters. The molecule has 3 fully saturated rings. The van der Waals surface area contributed by atoms with Crippen LogP contribution in [0.15, 0.2) is 35.9 Å². The Morgan fingerprint density at radius 3 is 2.86 bits per heavy atom. The lowest BCUT2D eigenvalue weighted by Gasteiger charge is -2.50. The fraction of sp³-hybridized carbons (Fsp3) is 0.591. The van der Waals surface area contributed by atoms with Crippen LogP contribution in [0.4, 0.5) is 5.69 Å². The Bertz CT molecular complexity index is 900. The van der Waals surface area contributed by atoms with Crippen LogP contribution in [0.1, 0.15) is 25.3 Å². The van der Waals surface area contributed by atoms with E-state index in [1.807, 2.05) is 25.1 Å². The molecule has 28 heavy (non-hydrogen) atoms. The highest BCUT2D eigenvalue weighted by atomic mass is 16.5. The number of nitrogens with one attached hydrogen (secondary N) is 1. The summed E-state index contributed by atoms with van der Waals surface area (Å²) >= 11 is 0. The van der Waals surface area contributed by atoms with Crippen LogP contribution in [-0.4, -0.2) is 66.3 Å². The summed E-state index contributed by atoms with van der Waals surface area (Å²) in [6, 6.07) is 8.03. The van der Waals surface area contributed by atoms with E-state index in [1.54, 1.807) is 0 Å². The van der Waals surface area contributed by atoms with Crippen LogP contribution in [0, 0.1) is 11.3 Å². The third-order valence-electron chi connectivity index (χ3n) is 8.64. The van der Waals surface area contributed by atoms with E-state index in [0.29, 0.717) is 17.3 Å². The van der Waals surface area contributed by atoms with Gasteiger partial charge >= 0.3 is 5.97 Å². The van der Waals surface area contributed by atoms with Crippen molar-refractivity contribution < 1.29 is 24.2 Å². The first kappa shape index (κ1) is 18.2. The lowest BCUT2D eigenvalue weighted by Crippen LogP contribution is -2.71. The second kappa shape index (κ2) is 5.38. The molecule has 6 heteroatoms. The quantitative estimate of drug-likeness (QED) is 0.407. The van der Waals surface area contributed by atoms with E-state index in [-0.39, 0.29) is 6.61 Å². The van der Waals surface area contributed by atoms with Gasteiger partial charge in [-0.1, -0.05) is 24.3 Å². The molecule has 2 saturated heterocycles. The van der Waals surface area contributed by atoms with Crippen LogP contribution in [-0.2, 0) is 14.9 Å². The van der Waals surface area contributed by atoms with Gasteiger partial charge in [0.1, 0.15) is 18.1 Å². The molecule has 5 rings (SSSR count). The lowest BCUT2D eigenvalue weighted by molar-refractivity contribution is -0.942. The van der Waals surface area contributed by atoms with Crippen molar-refractivity contribution in [3.8, 4) is 0 Å². The predicted octanol–water partition coefficient (Wildman–Crippen LogP) is 1.39. The Morgan fingerprint density at radius 2 is 2.18 bits per heavy atom. The maximum absolute atomic E-state index is 13.5. The summed E-state index contributed by atoms with van der Waals surface area (Å²) in [5.74, 6) is -0.817. The van der Waals surface area contributed by atoms with Gasteiger partial charge in [0.15, 0.2) is 0 Å². The number of rotatable bonds is 2. The van der Waals surface area contributed by atoms with E-state index in [2.05, 4.69) is 24.5 Å². The highest BCUT2D eigenvalue weighted by Crippen LogP contribution is 2.75. The minimum absolute atomic E-state index is 0.337. The number of quaternary nitrogens is 1. The van der Waals surface area contributed by atoms with Gasteiger partial charge in [-0.3, -0.25) is 9.28 Å². The molecule has 0 aromatic heterocycles. The highest BCUT2D eigenvalue weighted by Gasteiger charge is 2.90. The molecule has 0 radical (unpaired) electrons. The molecule has 1 aliphatic carbocycles. The average molecular weight is 385 g/mol. The molecule has 3 unspecified atom stereocenters. The van der Waals surface area contributed by atoms with Crippen LogP contribution < -0.4 is 5.32 Å². The number of fused-ring (bicyclic) bond motifs is 2. The maximum Gasteiger partial charge on any atom is 0.315 e. The molecule has 4 aliphatic rings. The van der Waals surface area contributed by atoms with Gasteiger partial charge in [-0.25, -0.2) is 0 Å². The van der Waals surface area contributed by atoms with Crippen LogP contribution in [0.2, 0.25) is 0 Å². The number of methoxy groups -OCH3 is 1. The van der Waals surface area contributed by atoms with Crippen molar-refractivity contribution in [2.45, 2.75) is 36.9 Å². The van der Waals surface area contributed by atoms with Gasteiger partial charge in [0, 0.05) is 18.0 Å². The number of benzene rings is 1. The molecule has 2 bridgehead atoms. The zero-order chi connectivity index (χ0) is 19.9. The molecule has 1 saturated carbocycles. The van der Waals surface area contributed by atoms with Crippen LogP contribution in [0.25, 0.3) is 0 Å². The first-order chi connectivity index (χ1) is 13.4. The molecular formula is C22H29N2O4+. The molecule has 3 N–H and O–H groups in total. The van der Waals surface area contributed by atoms with Crippen molar-refractivity contribution in [2.24, 2.45) is 11.3 Å². The summed E-state index contributed by atoms with van der Waals surface area (Å²) in [7, 11) is 3.57. The van der Waals surface area contributed by atoms with Gasteiger partial charge in [-0.15, -0.1) is 0 Å². The van der Waals surface area contributed by atoms with Crippen molar-refractivity contribution in [3.05, 3.63) is 41.5 Å². The Morgan fingerprint density at radius 1 is 1.43 bits per heavy atom. The third kappa shape index (κ3) is 1.52. The van der Waals surface area contributed by atoms with Gasteiger partial charge in [0.25, 0.3) is 0 Å². The number of hydrogen-bond donors (Lipinski definition) is 3.